The van der Waals surface area contributed by atoms with Gasteiger partial charge < -0.3 is 10.5 Å². The number of benzene rings is 1. The molecule has 0 unspecified atom stereocenters. The summed E-state index contributed by atoms with van der Waals surface area (Å²) in [6.45, 7) is 8.46. The molecule has 0 amide bonds. The van der Waals surface area contributed by atoms with Gasteiger partial charge in [-0.3, -0.25) is 0 Å². The fraction of sp³-hybridized carbons (Fsp3) is 0.333. The molecule has 4 nitrogen and oxygen atoms in total. The molecular formula is C15H18ClN3O. The van der Waals surface area contributed by atoms with Crippen molar-refractivity contribution in [3.05, 3.63) is 40.5 Å². The second-order valence-corrected chi connectivity index (χ2v) is 6.13. The summed E-state index contributed by atoms with van der Waals surface area (Å²) in [5.74, 6) is 1.19. The Morgan fingerprint density at radius 1 is 1.15 bits per heavy atom. The van der Waals surface area contributed by atoms with E-state index in [0.717, 1.165) is 11.3 Å². The first-order chi connectivity index (χ1) is 9.25. The van der Waals surface area contributed by atoms with Gasteiger partial charge >= 0.3 is 0 Å². The highest BCUT2D eigenvalue weighted by atomic mass is 35.5. The molecule has 1 aromatic heterocycles. The Kier molecular flexibility index (Phi) is 3.86. The van der Waals surface area contributed by atoms with Gasteiger partial charge in [0, 0.05) is 11.6 Å². The van der Waals surface area contributed by atoms with Gasteiger partial charge in [0.25, 0.3) is 0 Å². The van der Waals surface area contributed by atoms with E-state index >= 15 is 0 Å². The van der Waals surface area contributed by atoms with Crippen LogP contribution in [0, 0.1) is 6.92 Å². The average molecular weight is 292 g/mol. The summed E-state index contributed by atoms with van der Waals surface area (Å²) in [5, 5.41) is 0.261. The normalized spacial score (nSPS) is 11.4. The lowest BCUT2D eigenvalue weighted by Gasteiger charge is -2.23. The van der Waals surface area contributed by atoms with Crippen molar-refractivity contribution in [2.45, 2.75) is 33.1 Å². The third kappa shape index (κ3) is 3.39. The van der Waals surface area contributed by atoms with E-state index in [1.54, 1.807) is 6.07 Å². The molecule has 0 aliphatic carbocycles. The van der Waals surface area contributed by atoms with E-state index < -0.39 is 0 Å². The van der Waals surface area contributed by atoms with Crippen LogP contribution in [0.2, 0.25) is 5.15 Å². The van der Waals surface area contributed by atoms with Gasteiger partial charge in [0.2, 0.25) is 11.8 Å². The Balaban J connectivity index is 2.43. The monoisotopic (exact) mass is 291 g/mol. The highest BCUT2D eigenvalue weighted by molar-refractivity contribution is 6.29. The number of nitrogens with two attached hydrogens (primary N) is 1. The summed E-state index contributed by atoms with van der Waals surface area (Å²) in [6, 6.07) is 7.59. The first-order valence-corrected chi connectivity index (χ1v) is 6.72. The van der Waals surface area contributed by atoms with E-state index in [-0.39, 0.29) is 16.5 Å². The molecule has 0 fully saturated rings. The number of aromatic nitrogens is 2. The van der Waals surface area contributed by atoms with Crippen LogP contribution in [-0.4, -0.2) is 9.97 Å². The minimum Gasteiger partial charge on any atom is -0.438 e. The van der Waals surface area contributed by atoms with Crippen molar-refractivity contribution < 1.29 is 4.74 Å². The van der Waals surface area contributed by atoms with Gasteiger partial charge in [-0.1, -0.05) is 50.1 Å². The van der Waals surface area contributed by atoms with Gasteiger partial charge in [0.15, 0.2) is 0 Å². The summed E-state index contributed by atoms with van der Waals surface area (Å²) in [7, 11) is 0. The number of ether oxygens (including phenoxy) is 1. The lowest BCUT2D eigenvalue weighted by atomic mass is 9.85. The lowest BCUT2D eigenvalue weighted by molar-refractivity contribution is 0.439. The zero-order valence-corrected chi connectivity index (χ0v) is 12.8. The maximum Gasteiger partial charge on any atom is 0.225 e. The van der Waals surface area contributed by atoms with Gasteiger partial charge in [-0.25, -0.2) is 4.98 Å². The quantitative estimate of drug-likeness (QED) is 0.846. The molecular weight excluding hydrogens is 274 g/mol. The number of halogens is 1. The summed E-state index contributed by atoms with van der Waals surface area (Å²) in [5.41, 5.74) is 7.82. The van der Waals surface area contributed by atoms with Crippen LogP contribution in [0.4, 0.5) is 5.95 Å². The molecule has 20 heavy (non-hydrogen) atoms. The maximum absolute atomic E-state index is 5.86. The molecule has 0 saturated heterocycles. The van der Waals surface area contributed by atoms with Gasteiger partial charge in [0.1, 0.15) is 10.9 Å². The van der Waals surface area contributed by atoms with Crippen molar-refractivity contribution in [3.8, 4) is 11.6 Å². The van der Waals surface area contributed by atoms with E-state index in [2.05, 4.69) is 43.7 Å². The van der Waals surface area contributed by atoms with E-state index in [1.165, 1.54) is 5.56 Å². The average Bonchev–Trinajstić information content (AvgIpc) is 2.28. The van der Waals surface area contributed by atoms with Crippen LogP contribution >= 0.6 is 11.6 Å². The summed E-state index contributed by atoms with van der Waals surface area (Å²) in [4.78, 5) is 7.85. The van der Waals surface area contributed by atoms with Gasteiger partial charge in [-0.05, 0) is 18.4 Å². The fourth-order valence-electron chi connectivity index (χ4n) is 1.90. The molecule has 0 radical (unpaired) electrons. The molecule has 2 aromatic rings. The van der Waals surface area contributed by atoms with Crippen LogP contribution < -0.4 is 10.5 Å². The third-order valence-electron chi connectivity index (χ3n) is 2.85. The molecule has 0 saturated carbocycles. The van der Waals surface area contributed by atoms with E-state index in [4.69, 9.17) is 22.1 Å². The van der Waals surface area contributed by atoms with Crippen LogP contribution in [-0.2, 0) is 5.41 Å². The number of hydrogen-bond donors (Lipinski definition) is 1. The molecule has 5 heteroatoms. The van der Waals surface area contributed by atoms with Crippen LogP contribution in [0.15, 0.2) is 24.3 Å². The van der Waals surface area contributed by atoms with Crippen molar-refractivity contribution in [2.24, 2.45) is 0 Å². The molecule has 0 aliphatic rings. The highest BCUT2D eigenvalue weighted by Gasteiger charge is 2.20. The van der Waals surface area contributed by atoms with Crippen molar-refractivity contribution in [1.82, 2.24) is 9.97 Å². The number of nitrogens with zero attached hydrogens (tertiary/aromatic N) is 2. The Bertz CT molecular complexity index is 615. The first kappa shape index (κ1) is 14.6. The van der Waals surface area contributed by atoms with Crippen molar-refractivity contribution in [1.29, 1.82) is 0 Å². The van der Waals surface area contributed by atoms with Gasteiger partial charge in [0.05, 0.1) is 0 Å². The molecule has 2 N–H and O–H groups in total. The second-order valence-electron chi connectivity index (χ2n) is 5.74. The van der Waals surface area contributed by atoms with Crippen LogP contribution in [0.25, 0.3) is 0 Å². The summed E-state index contributed by atoms with van der Waals surface area (Å²) >= 11 is 5.86. The highest BCUT2D eigenvalue weighted by Crippen LogP contribution is 2.34. The molecule has 2 rings (SSSR count). The molecule has 0 aliphatic heterocycles. The van der Waals surface area contributed by atoms with Crippen molar-refractivity contribution >= 4 is 17.5 Å². The third-order valence-corrected chi connectivity index (χ3v) is 3.04. The summed E-state index contributed by atoms with van der Waals surface area (Å²) < 4.78 is 5.84. The molecule has 106 valence electrons. The Hall–Kier alpha value is -1.81. The van der Waals surface area contributed by atoms with E-state index in [1.807, 2.05) is 12.1 Å². The smallest absolute Gasteiger partial charge is 0.225 e. The maximum atomic E-state index is 5.86. The zero-order valence-electron chi connectivity index (χ0n) is 12.1. The fourth-order valence-corrected chi connectivity index (χ4v) is 2.08. The van der Waals surface area contributed by atoms with Crippen LogP contribution in [0.5, 0.6) is 11.6 Å². The van der Waals surface area contributed by atoms with Crippen LogP contribution in [0.3, 0.4) is 0 Å². The van der Waals surface area contributed by atoms with Crippen molar-refractivity contribution in [3.63, 3.8) is 0 Å². The van der Waals surface area contributed by atoms with Gasteiger partial charge in [-0.15, -0.1) is 0 Å². The van der Waals surface area contributed by atoms with E-state index in [9.17, 15) is 0 Å². The standard InChI is InChI=1S/C15H18ClN3O/c1-9-5-6-11(10(7-9)15(2,3)4)20-13-8-12(16)18-14(17)19-13/h5-8H,1-4H3,(H2,17,18,19). The minimum atomic E-state index is -0.0380. The first-order valence-electron chi connectivity index (χ1n) is 6.35. The number of nitrogen functional groups attached to an aromatic ring is 1. The Morgan fingerprint density at radius 3 is 2.45 bits per heavy atom. The van der Waals surface area contributed by atoms with Crippen molar-refractivity contribution in [2.75, 3.05) is 5.73 Å². The molecule has 0 atom stereocenters. The molecule has 0 spiro atoms. The number of anilines is 1. The molecule has 1 aromatic carbocycles. The molecule has 0 bridgehead atoms. The predicted octanol–water partition coefficient (Wildman–Crippen LogP) is 4.11. The zero-order chi connectivity index (χ0) is 14.9. The number of hydrogen-bond acceptors (Lipinski definition) is 4. The number of rotatable bonds is 2. The second kappa shape index (κ2) is 5.29. The topological polar surface area (TPSA) is 61.0 Å². The predicted molar refractivity (Wildman–Crippen MR) is 81.4 cm³/mol. The SMILES string of the molecule is Cc1ccc(Oc2cc(Cl)nc(N)n2)c(C(C)(C)C)c1. The number of aryl methyl sites for hydroxylation is 1. The Labute approximate surface area is 124 Å². The van der Waals surface area contributed by atoms with Gasteiger partial charge in [-0.2, -0.15) is 4.98 Å². The molecule has 1 heterocycles. The van der Waals surface area contributed by atoms with E-state index in [0.29, 0.717) is 5.88 Å². The lowest BCUT2D eigenvalue weighted by Crippen LogP contribution is -2.13. The Morgan fingerprint density at radius 2 is 1.85 bits per heavy atom. The minimum absolute atomic E-state index is 0.0380. The summed E-state index contributed by atoms with van der Waals surface area (Å²) in [6.07, 6.45) is 0. The largest absolute Gasteiger partial charge is 0.438 e. The van der Waals surface area contributed by atoms with Crippen LogP contribution in [0.1, 0.15) is 31.9 Å².